The summed E-state index contributed by atoms with van der Waals surface area (Å²) in [5, 5.41) is 7.32. The zero-order valence-corrected chi connectivity index (χ0v) is 9.32. The number of rotatable bonds is 2. The van der Waals surface area contributed by atoms with Gasteiger partial charge in [0.25, 0.3) is 5.91 Å². The van der Waals surface area contributed by atoms with Crippen LogP contribution in [-0.2, 0) is 7.05 Å². The summed E-state index contributed by atoms with van der Waals surface area (Å²) in [6, 6.07) is 2.15. The third-order valence-corrected chi connectivity index (χ3v) is 2.85. The fraction of sp³-hybridized carbons (Fsp3) is 0.600. The summed E-state index contributed by atoms with van der Waals surface area (Å²) in [5.74, 6) is 0.0459. The van der Waals surface area contributed by atoms with Gasteiger partial charge in [-0.25, -0.2) is 0 Å². The van der Waals surface area contributed by atoms with Crippen LogP contribution in [0.3, 0.4) is 0 Å². The van der Waals surface area contributed by atoms with Crippen molar-refractivity contribution >= 4 is 5.91 Å². The van der Waals surface area contributed by atoms with Gasteiger partial charge in [-0.05, 0) is 13.0 Å². The summed E-state index contributed by atoms with van der Waals surface area (Å²) >= 11 is 0. The van der Waals surface area contributed by atoms with Crippen molar-refractivity contribution < 1.29 is 4.79 Å². The molecule has 2 heterocycles. The van der Waals surface area contributed by atoms with Crippen molar-refractivity contribution in [3.05, 3.63) is 17.5 Å². The molecule has 5 heteroatoms. The molecule has 0 bridgehead atoms. The smallest absolute Gasteiger partial charge is 0.272 e. The minimum Gasteiger partial charge on any atom is -0.335 e. The van der Waals surface area contributed by atoms with Crippen molar-refractivity contribution in [1.82, 2.24) is 20.0 Å². The number of likely N-dealkylation sites (N-methyl/N-ethyl adjacent to an activating group) is 1. The second-order valence-electron chi connectivity index (χ2n) is 4.02. The molecule has 82 valence electrons. The Morgan fingerprint density at radius 3 is 2.73 bits per heavy atom. The van der Waals surface area contributed by atoms with E-state index in [-0.39, 0.29) is 5.91 Å². The molecule has 0 unspecified atom stereocenters. The van der Waals surface area contributed by atoms with Crippen LogP contribution in [0.25, 0.3) is 0 Å². The van der Waals surface area contributed by atoms with Crippen molar-refractivity contribution in [2.75, 3.05) is 20.1 Å². The molecule has 0 aromatic carbocycles. The molecule has 1 N–H and O–H groups in total. The third-order valence-electron chi connectivity index (χ3n) is 2.85. The van der Waals surface area contributed by atoms with Crippen molar-refractivity contribution in [2.45, 2.75) is 13.0 Å². The van der Waals surface area contributed by atoms with Crippen molar-refractivity contribution in [2.24, 2.45) is 7.05 Å². The second kappa shape index (κ2) is 3.66. The highest BCUT2D eigenvalue weighted by atomic mass is 16.2. The Kier molecular flexibility index (Phi) is 2.48. The van der Waals surface area contributed by atoms with Crippen molar-refractivity contribution in [1.29, 1.82) is 0 Å². The largest absolute Gasteiger partial charge is 0.335 e. The average Bonchev–Trinajstić information content (AvgIpc) is 2.41. The zero-order valence-electron chi connectivity index (χ0n) is 9.32. The lowest BCUT2D eigenvalue weighted by Crippen LogP contribution is -2.57. The maximum Gasteiger partial charge on any atom is 0.272 e. The second-order valence-corrected chi connectivity index (χ2v) is 4.02. The SMILES string of the molecule is Cc1cc(C(=O)N(C)C2CNC2)n(C)n1. The van der Waals surface area contributed by atoms with E-state index in [1.807, 2.05) is 20.0 Å². The highest BCUT2D eigenvalue weighted by Gasteiger charge is 2.27. The molecule has 1 aromatic heterocycles. The van der Waals surface area contributed by atoms with Gasteiger partial charge in [0.15, 0.2) is 0 Å². The Morgan fingerprint density at radius 2 is 2.33 bits per heavy atom. The summed E-state index contributed by atoms with van der Waals surface area (Å²) in [5.41, 5.74) is 1.53. The number of aryl methyl sites for hydroxylation is 2. The topological polar surface area (TPSA) is 50.2 Å². The molecule has 1 aromatic rings. The minimum atomic E-state index is 0.0459. The first-order valence-electron chi connectivity index (χ1n) is 5.08. The molecule has 15 heavy (non-hydrogen) atoms. The van der Waals surface area contributed by atoms with Crippen LogP contribution in [0, 0.1) is 6.92 Å². The first-order chi connectivity index (χ1) is 7.09. The van der Waals surface area contributed by atoms with Crippen molar-refractivity contribution in [3.8, 4) is 0 Å². The molecule has 1 fully saturated rings. The predicted molar refractivity (Wildman–Crippen MR) is 56.7 cm³/mol. The molecule has 1 saturated heterocycles. The van der Waals surface area contributed by atoms with Crippen LogP contribution in [0.15, 0.2) is 6.07 Å². The predicted octanol–water partition coefficient (Wildman–Crippen LogP) is -0.228. The Labute approximate surface area is 89.1 Å². The number of aromatic nitrogens is 2. The van der Waals surface area contributed by atoms with Crippen LogP contribution in [0.5, 0.6) is 0 Å². The number of hydrogen-bond donors (Lipinski definition) is 1. The number of hydrogen-bond acceptors (Lipinski definition) is 3. The van der Waals surface area contributed by atoms with E-state index >= 15 is 0 Å². The van der Waals surface area contributed by atoms with Gasteiger partial charge < -0.3 is 10.2 Å². The van der Waals surface area contributed by atoms with Crippen LogP contribution < -0.4 is 5.32 Å². The fourth-order valence-electron chi connectivity index (χ4n) is 1.70. The van der Waals surface area contributed by atoms with Gasteiger partial charge in [0.1, 0.15) is 5.69 Å². The molecule has 1 aliphatic heterocycles. The average molecular weight is 208 g/mol. The maximum absolute atomic E-state index is 12.1. The summed E-state index contributed by atoms with van der Waals surface area (Å²) in [4.78, 5) is 13.8. The van der Waals surface area contributed by atoms with Gasteiger partial charge in [-0.1, -0.05) is 0 Å². The van der Waals surface area contributed by atoms with Gasteiger partial charge in [0, 0.05) is 27.2 Å². The van der Waals surface area contributed by atoms with Gasteiger partial charge >= 0.3 is 0 Å². The number of nitrogens with zero attached hydrogens (tertiary/aromatic N) is 3. The zero-order chi connectivity index (χ0) is 11.0. The first-order valence-corrected chi connectivity index (χ1v) is 5.08. The lowest BCUT2D eigenvalue weighted by molar-refractivity contribution is 0.0670. The Bertz CT molecular complexity index is 381. The van der Waals surface area contributed by atoms with E-state index in [9.17, 15) is 4.79 Å². The Hall–Kier alpha value is -1.36. The lowest BCUT2D eigenvalue weighted by Gasteiger charge is -2.35. The third kappa shape index (κ3) is 1.74. The molecular formula is C10H16N4O. The van der Waals surface area contributed by atoms with E-state index in [0.29, 0.717) is 11.7 Å². The minimum absolute atomic E-state index is 0.0459. The molecule has 1 aliphatic rings. The highest BCUT2D eigenvalue weighted by molar-refractivity contribution is 5.92. The standard InChI is InChI=1S/C10H16N4O/c1-7-4-9(14(3)12-7)10(15)13(2)8-5-11-6-8/h4,8,11H,5-6H2,1-3H3. The van der Waals surface area contributed by atoms with E-state index in [1.54, 1.807) is 16.6 Å². The van der Waals surface area contributed by atoms with Gasteiger partial charge in [0.2, 0.25) is 0 Å². The van der Waals surface area contributed by atoms with Crippen LogP contribution in [0.2, 0.25) is 0 Å². The first kappa shape index (κ1) is 10.2. The molecule has 0 radical (unpaired) electrons. The summed E-state index contributed by atoms with van der Waals surface area (Å²) < 4.78 is 1.64. The van der Waals surface area contributed by atoms with Crippen LogP contribution in [0.1, 0.15) is 16.2 Å². The van der Waals surface area contributed by atoms with E-state index in [1.165, 1.54) is 0 Å². The normalized spacial score (nSPS) is 16.2. The number of carbonyl (C=O) groups is 1. The number of carbonyl (C=O) groups excluding carboxylic acids is 1. The molecule has 2 rings (SSSR count). The van der Waals surface area contributed by atoms with E-state index in [0.717, 1.165) is 18.8 Å². The maximum atomic E-state index is 12.1. The molecule has 0 aliphatic carbocycles. The molecule has 0 spiro atoms. The highest BCUT2D eigenvalue weighted by Crippen LogP contribution is 2.09. The van der Waals surface area contributed by atoms with E-state index in [2.05, 4.69) is 10.4 Å². The summed E-state index contributed by atoms with van der Waals surface area (Å²) in [6.45, 7) is 3.67. The van der Waals surface area contributed by atoms with Crippen LogP contribution >= 0.6 is 0 Å². The summed E-state index contributed by atoms with van der Waals surface area (Å²) in [6.07, 6.45) is 0. The summed E-state index contributed by atoms with van der Waals surface area (Å²) in [7, 11) is 3.64. The van der Waals surface area contributed by atoms with Crippen LogP contribution in [0.4, 0.5) is 0 Å². The Balaban J connectivity index is 2.15. The molecule has 0 saturated carbocycles. The monoisotopic (exact) mass is 208 g/mol. The quantitative estimate of drug-likeness (QED) is 0.730. The molecule has 0 atom stereocenters. The number of nitrogens with one attached hydrogen (secondary N) is 1. The van der Waals surface area contributed by atoms with Crippen molar-refractivity contribution in [3.63, 3.8) is 0 Å². The molecule has 1 amide bonds. The van der Waals surface area contributed by atoms with Gasteiger partial charge in [-0.2, -0.15) is 5.10 Å². The van der Waals surface area contributed by atoms with Gasteiger partial charge in [0.05, 0.1) is 11.7 Å². The van der Waals surface area contributed by atoms with Crippen LogP contribution in [-0.4, -0.2) is 46.8 Å². The lowest BCUT2D eigenvalue weighted by atomic mass is 10.1. The molecular weight excluding hydrogens is 192 g/mol. The van der Waals surface area contributed by atoms with E-state index < -0.39 is 0 Å². The number of amides is 1. The van der Waals surface area contributed by atoms with Gasteiger partial charge in [-0.3, -0.25) is 9.48 Å². The van der Waals surface area contributed by atoms with E-state index in [4.69, 9.17) is 0 Å². The van der Waals surface area contributed by atoms with Gasteiger partial charge in [-0.15, -0.1) is 0 Å². The molecule has 5 nitrogen and oxygen atoms in total. The Morgan fingerprint density at radius 1 is 1.67 bits per heavy atom. The fourth-order valence-corrected chi connectivity index (χ4v) is 1.70.